The quantitative estimate of drug-likeness (QED) is 0.723. The second-order valence-corrected chi connectivity index (χ2v) is 7.75. The molecular weight excluding hydrogens is 374 g/mol. The molecule has 1 N–H and O–H groups in total. The van der Waals surface area contributed by atoms with E-state index in [0.29, 0.717) is 63.9 Å². The fourth-order valence-electron chi connectivity index (χ4n) is 4.45. The van der Waals surface area contributed by atoms with Crippen LogP contribution in [0, 0.1) is 11.3 Å². The van der Waals surface area contributed by atoms with Crippen LogP contribution in [0.3, 0.4) is 0 Å². The second-order valence-electron chi connectivity index (χ2n) is 7.75. The van der Waals surface area contributed by atoms with Gasteiger partial charge >= 0.3 is 5.97 Å². The van der Waals surface area contributed by atoms with Crippen LogP contribution in [0.15, 0.2) is 36.9 Å². The number of rotatable bonds is 8. The summed E-state index contributed by atoms with van der Waals surface area (Å²) in [5.74, 6) is 0.701. The first-order valence-electron chi connectivity index (χ1n) is 9.90. The molecule has 1 aromatic carbocycles. The number of hydrogen-bond acceptors (Lipinski definition) is 6. The topological polar surface area (TPSA) is 86.0 Å². The van der Waals surface area contributed by atoms with Crippen molar-refractivity contribution in [3.8, 4) is 11.5 Å². The number of hydrogen-bond donors (Lipinski definition) is 1. The Morgan fingerprint density at radius 2 is 2.34 bits per heavy atom. The zero-order valence-electron chi connectivity index (χ0n) is 16.6. The van der Waals surface area contributed by atoms with E-state index in [4.69, 9.17) is 14.2 Å². The van der Waals surface area contributed by atoms with E-state index >= 15 is 0 Å². The summed E-state index contributed by atoms with van der Waals surface area (Å²) in [6, 6.07) is 5.84. The van der Waals surface area contributed by atoms with Crippen LogP contribution in [0.1, 0.15) is 12.0 Å². The summed E-state index contributed by atoms with van der Waals surface area (Å²) >= 11 is 0. The molecule has 0 saturated carbocycles. The number of methoxy groups -OCH3 is 1. The fraction of sp³-hybridized carbons (Fsp3) is 0.524. The highest BCUT2D eigenvalue weighted by molar-refractivity contribution is 5.76. The number of fused-ring (bicyclic) bond motifs is 1. The van der Waals surface area contributed by atoms with Crippen molar-refractivity contribution in [2.75, 3.05) is 40.0 Å². The molecule has 4 rings (SSSR count). The molecule has 0 bridgehead atoms. The molecule has 2 aliphatic rings. The largest absolute Gasteiger partial charge is 0.493 e. The lowest BCUT2D eigenvalue weighted by molar-refractivity contribution is -0.157. The molecule has 29 heavy (non-hydrogen) atoms. The van der Waals surface area contributed by atoms with Gasteiger partial charge in [-0.25, -0.2) is 4.98 Å². The number of nitrogens with zero attached hydrogens (tertiary/aromatic N) is 3. The fourth-order valence-corrected chi connectivity index (χ4v) is 4.45. The third-order valence-electron chi connectivity index (χ3n) is 6.03. The molecule has 1 aromatic heterocycles. The van der Waals surface area contributed by atoms with Crippen LogP contribution in [0.5, 0.6) is 11.5 Å². The first kappa shape index (κ1) is 19.7. The van der Waals surface area contributed by atoms with E-state index in [1.165, 1.54) is 0 Å². The summed E-state index contributed by atoms with van der Waals surface area (Å²) in [4.78, 5) is 18.3. The molecule has 2 saturated heterocycles. The predicted molar refractivity (Wildman–Crippen MR) is 105 cm³/mol. The lowest BCUT2D eigenvalue weighted by Gasteiger charge is -2.34. The maximum Gasteiger partial charge on any atom is 0.311 e. The molecule has 8 nitrogen and oxygen atoms in total. The summed E-state index contributed by atoms with van der Waals surface area (Å²) in [6.07, 6.45) is 5.96. The minimum absolute atomic E-state index is 0.0185. The van der Waals surface area contributed by atoms with Crippen LogP contribution < -0.4 is 9.47 Å². The van der Waals surface area contributed by atoms with E-state index in [2.05, 4.69) is 9.88 Å². The summed E-state index contributed by atoms with van der Waals surface area (Å²) in [6.45, 7) is 4.04. The number of aromatic nitrogens is 2. The van der Waals surface area contributed by atoms with Gasteiger partial charge in [0.15, 0.2) is 11.5 Å². The Kier molecular flexibility index (Phi) is 5.73. The molecule has 0 amide bonds. The standard InChI is InChI=1S/C21H27N3O5/c1-27-18-4-2-3-16(19(18)29-10-8-23-7-6-22-15-23)11-24-12-17-13-28-9-5-21(17,14-24)20(25)26/h2-4,6-7,15,17H,5,8-14H2,1H3,(H,25,26)/t17-,21+/m1/s1. The van der Waals surface area contributed by atoms with E-state index in [9.17, 15) is 9.90 Å². The van der Waals surface area contributed by atoms with Crippen molar-refractivity contribution in [1.29, 1.82) is 0 Å². The molecule has 2 atom stereocenters. The number of carboxylic acid groups (broad SMARTS) is 1. The molecule has 2 aliphatic heterocycles. The van der Waals surface area contributed by atoms with E-state index in [-0.39, 0.29) is 5.92 Å². The van der Waals surface area contributed by atoms with Crippen molar-refractivity contribution >= 4 is 5.97 Å². The summed E-state index contributed by atoms with van der Waals surface area (Å²) in [5, 5.41) is 9.89. The molecule has 2 fully saturated rings. The van der Waals surface area contributed by atoms with Crippen molar-refractivity contribution in [2.45, 2.75) is 19.5 Å². The van der Waals surface area contributed by atoms with E-state index in [1.807, 2.05) is 29.0 Å². The monoisotopic (exact) mass is 401 g/mol. The molecule has 2 aromatic rings. The predicted octanol–water partition coefficient (Wildman–Crippen LogP) is 1.89. The van der Waals surface area contributed by atoms with Crippen molar-refractivity contribution in [1.82, 2.24) is 14.5 Å². The van der Waals surface area contributed by atoms with Crippen molar-refractivity contribution < 1.29 is 24.1 Å². The first-order chi connectivity index (χ1) is 14.1. The van der Waals surface area contributed by atoms with E-state index in [0.717, 1.165) is 5.56 Å². The minimum atomic E-state index is -0.712. The average molecular weight is 401 g/mol. The third-order valence-corrected chi connectivity index (χ3v) is 6.03. The van der Waals surface area contributed by atoms with Gasteiger partial charge < -0.3 is 23.9 Å². The highest BCUT2D eigenvalue weighted by Gasteiger charge is 2.53. The van der Waals surface area contributed by atoms with Gasteiger partial charge in [-0.1, -0.05) is 12.1 Å². The maximum absolute atomic E-state index is 12.0. The molecule has 8 heteroatoms. The van der Waals surface area contributed by atoms with E-state index in [1.54, 1.807) is 19.6 Å². The Hall–Kier alpha value is -2.58. The minimum Gasteiger partial charge on any atom is -0.493 e. The zero-order valence-corrected chi connectivity index (χ0v) is 16.6. The molecule has 0 unspecified atom stereocenters. The molecular formula is C21H27N3O5. The highest BCUT2D eigenvalue weighted by Crippen LogP contribution is 2.43. The number of benzene rings is 1. The number of aliphatic carboxylic acids is 1. The summed E-state index contributed by atoms with van der Waals surface area (Å²) in [5.41, 5.74) is 0.287. The highest BCUT2D eigenvalue weighted by atomic mass is 16.5. The first-order valence-corrected chi connectivity index (χ1v) is 9.90. The van der Waals surface area contributed by atoms with Crippen LogP contribution in [0.4, 0.5) is 0 Å². The number of carboxylic acids is 1. The molecule has 0 radical (unpaired) electrons. The Morgan fingerprint density at radius 3 is 3.07 bits per heavy atom. The van der Waals surface area contributed by atoms with Crippen molar-refractivity contribution in [3.05, 3.63) is 42.5 Å². The second kappa shape index (κ2) is 8.42. The maximum atomic E-state index is 12.0. The van der Waals surface area contributed by atoms with Crippen molar-refractivity contribution in [3.63, 3.8) is 0 Å². The van der Waals surface area contributed by atoms with Gasteiger partial charge in [-0.2, -0.15) is 0 Å². The summed E-state index contributed by atoms with van der Waals surface area (Å²) < 4.78 is 19.1. The number of likely N-dealkylation sites (tertiary alicyclic amines) is 1. The number of imidazole rings is 1. The molecule has 0 aliphatic carbocycles. The number of carbonyl (C=O) groups is 1. The smallest absolute Gasteiger partial charge is 0.311 e. The van der Waals surface area contributed by atoms with Gasteiger partial charge in [-0.15, -0.1) is 0 Å². The lowest BCUT2D eigenvalue weighted by Crippen LogP contribution is -2.44. The Labute approximate surface area is 170 Å². The van der Waals surface area contributed by atoms with Gasteiger partial charge in [-0.05, 0) is 12.5 Å². The van der Waals surface area contributed by atoms with Gasteiger partial charge in [0.1, 0.15) is 6.61 Å². The number of para-hydroxylation sites is 1. The van der Waals surface area contributed by atoms with Crippen LogP contribution in [0.25, 0.3) is 0 Å². The molecule has 3 heterocycles. The molecule has 156 valence electrons. The van der Waals surface area contributed by atoms with Crippen molar-refractivity contribution in [2.24, 2.45) is 11.3 Å². The number of ether oxygens (including phenoxy) is 3. The van der Waals surface area contributed by atoms with Gasteiger partial charge in [0.05, 0.1) is 32.0 Å². The van der Waals surface area contributed by atoms with E-state index < -0.39 is 11.4 Å². The van der Waals surface area contributed by atoms with Gasteiger partial charge in [0.2, 0.25) is 0 Å². The summed E-state index contributed by atoms with van der Waals surface area (Å²) in [7, 11) is 1.63. The van der Waals surface area contributed by atoms with Gasteiger partial charge in [0, 0.05) is 50.1 Å². The Balaban J connectivity index is 1.49. The normalized spacial score (nSPS) is 24.2. The third kappa shape index (κ3) is 3.95. The SMILES string of the molecule is COc1cccc(CN2C[C@@H]3COCC[C@]3(C(=O)O)C2)c1OCCn1ccnc1. The zero-order chi connectivity index (χ0) is 20.3. The molecule has 0 spiro atoms. The Morgan fingerprint density at radius 1 is 1.45 bits per heavy atom. The van der Waals surface area contributed by atoms with Crippen LogP contribution >= 0.6 is 0 Å². The lowest BCUT2D eigenvalue weighted by atomic mass is 9.74. The van der Waals surface area contributed by atoms with Gasteiger partial charge in [-0.3, -0.25) is 9.69 Å². The average Bonchev–Trinajstić information content (AvgIpc) is 3.36. The van der Waals surface area contributed by atoms with Gasteiger partial charge in [0.25, 0.3) is 0 Å². The van der Waals surface area contributed by atoms with Crippen LogP contribution in [0.2, 0.25) is 0 Å². The van der Waals surface area contributed by atoms with Crippen LogP contribution in [-0.4, -0.2) is 65.5 Å². The Bertz CT molecular complexity index is 841. The van der Waals surface area contributed by atoms with Crippen LogP contribution in [-0.2, 0) is 22.6 Å².